The SMILES string of the molecule is N=C(N)c1ccc(COc2c(F)cccc2Cl)c(F)c1. The van der Waals surface area contributed by atoms with E-state index in [2.05, 4.69) is 0 Å². The molecule has 0 aliphatic carbocycles. The van der Waals surface area contributed by atoms with Crippen LogP contribution in [0.5, 0.6) is 5.75 Å². The first-order valence-electron chi connectivity index (χ1n) is 5.68. The van der Waals surface area contributed by atoms with Crippen LogP contribution < -0.4 is 10.5 Å². The lowest BCUT2D eigenvalue weighted by Crippen LogP contribution is -2.12. The average Bonchev–Trinajstić information content (AvgIpc) is 2.39. The third-order valence-electron chi connectivity index (χ3n) is 2.66. The Morgan fingerprint density at radius 2 is 1.95 bits per heavy atom. The molecule has 0 aliphatic rings. The highest BCUT2D eigenvalue weighted by Crippen LogP contribution is 2.28. The third kappa shape index (κ3) is 3.05. The van der Waals surface area contributed by atoms with E-state index in [0.717, 1.165) is 6.07 Å². The number of nitrogen functional groups attached to an aromatic ring is 1. The van der Waals surface area contributed by atoms with E-state index in [4.69, 9.17) is 27.5 Å². The Balaban J connectivity index is 2.17. The minimum absolute atomic E-state index is 0.116. The van der Waals surface area contributed by atoms with Crippen molar-refractivity contribution in [2.45, 2.75) is 6.61 Å². The number of rotatable bonds is 4. The topological polar surface area (TPSA) is 59.1 Å². The van der Waals surface area contributed by atoms with Gasteiger partial charge in [0.25, 0.3) is 0 Å². The van der Waals surface area contributed by atoms with Crippen LogP contribution in [0, 0.1) is 17.0 Å². The van der Waals surface area contributed by atoms with Crippen molar-refractivity contribution in [3.05, 3.63) is 64.2 Å². The van der Waals surface area contributed by atoms with Crippen molar-refractivity contribution >= 4 is 17.4 Å². The maximum absolute atomic E-state index is 13.8. The van der Waals surface area contributed by atoms with Gasteiger partial charge in [0.1, 0.15) is 18.3 Å². The van der Waals surface area contributed by atoms with E-state index in [0.29, 0.717) is 0 Å². The minimum Gasteiger partial charge on any atom is -0.484 e. The largest absolute Gasteiger partial charge is 0.484 e. The summed E-state index contributed by atoms with van der Waals surface area (Å²) in [5.41, 5.74) is 5.75. The quantitative estimate of drug-likeness (QED) is 0.670. The van der Waals surface area contributed by atoms with Gasteiger partial charge < -0.3 is 10.5 Å². The summed E-state index contributed by atoms with van der Waals surface area (Å²) in [5, 5.41) is 7.32. The Kier molecular flexibility index (Phi) is 4.20. The van der Waals surface area contributed by atoms with E-state index in [9.17, 15) is 8.78 Å². The fraction of sp³-hybridized carbons (Fsp3) is 0.0714. The minimum atomic E-state index is -0.613. The molecule has 0 radical (unpaired) electrons. The first-order chi connectivity index (χ1) is 9.49. The highest BCUT2D eigenvalue weighted by Gasteiger charge is 2.11. The van der Waals surface area contributed by atoms with Gasteiger partial charge >= 0.3 is 0 Å². The van der Waals surface area contributed by atoms with Crippen LogP contribution >= 0.6 is 11.6 Å². The second kappa shape index (κ2) is 5.88. The Morgan fingerprint density at radius 1 is 1.20 bits per heavy atom. The second-order valence-corrected chi connectivity index (χ2v) is 4.47. The fourth-order valence-corrected chi connectivity index (χ4v) is 1.82. The highest BCUT2D eigenvalue weighted by molar-refractivity contribution is 6.32. The molecule has 0 heterocycles. The number of hydrogen-bond donors (Lipinski definition) is 2. The molecule has 0 saturated heterocycles. The van der Waals surface area contributed by atoms with Gasteiger partial charge in [-0.3, -0.25) is 5.41 Å². The molecule has 0 unspecified atom stereocenters. The van der Waals surface area contributed by atoms with Gasteiger partial charge in [0.2, 0.25) is 0 Å². The molecule has 3 N–H and O–H groups in total. The Hall–Kier alpha value is -2.14. The second-order valence-electron chi connectivity index (χ2n) is 4.06. The summed E-state index contributed by atoms with van der Waals surface area (Å²) < 4.78 is 32.4. The van der Waals surface area contributed by atoms with Crippen molar-refractivity contribution in [1.29, 1.82) is 5.41 Å². The van der Waals surface area contributed by atoms with Gasteiger partial charge in [-0.2, -0.15) is 0 Å². The van der Waals surface area contributed by atoms with E-state index < -0.39 is 11.6 Å². The van der Waals surface area contributed by atoms with Crippen molar-refractivity contribution < 1.29 is 13.5 Å². The molecule has 104 valence electrons. The lowest BCUT2D eigenvalue weighted by Gasteiger charge is -2.10. The van der Waals surface area contributed by atoms with Crippen LogP contribution in [0.25, 0.3) is 0 Å². The molecule has 0 aliphatic heterocycles. The lowest BCUT2D eigenvalue weighted by molar-refractivity contribution is 0.285. The molecule has 3 nitrogen and oxygen atoms in total. The molecule has 2 aromatic rings. The molecule has 0 amide bonds. The Bertz CT molecular complexity index is 641. The molecule has 0 saturated carbocycles. The normalized spacial score (nSPS) is 10.3. The van der Waals surface area contributed by atoms with Crippen LogP contribution in [0.1, 0.15) is 11.1 Å². The number of benzene rings is 2. The molecule has 6 heteroatoms. The Morgan fingerprint density at radius 3 is 2.55 bits per heavy atom. The molecule has 2 aromatic carbocycles. The number of amidine groups is 1. The molecule has 0 bridgehead atoms. The summed E-state index contributed by atoms with van der Waals surface area (Å²) in [6.07, 6.45) is 0. The standard InChI is InChI=1S/C14H11ClF2N2O/c15-10-2-1-3-11(16)13(10)20-7-9-5-4-8(14(18)19)6-12(9)17/h1-6H,7H2,(H3,18,19). The predicted molar refractivity (Wildman–Crippen MR) is 73.2 cm³/mol. The van der Waals surface area contributed by atoms with Crippen molar-refractivity contribution in [2.24, 2.45) is 5.73 Å². The van der Waals surface area contributed by atoms with Crippen LogP contribution in [0.4, 0.5) is 8.78 Å². The predicted octanol–water partition coefficient (Wildman–Crippen LogP) is 3.48. The van der Waals surface area contributed by atoms with Crippen molar-refractivity contribution in [3.63, 3.8) is 0 Å². The fourth-order valence-electron chi connectivity index (χ4n) is 1.60. The first kappa shape index (κ1) is 14.3. The summed E-state index contributed by atoms with van der Waals surface area (Å²) in [6.45, 7) is -0.176. The van der Waals surface area contributed by atoms with Gasteiger partial charge in [-0.05, 0) is 18.2 Å². The maximum Gasteiger partial charge on any atom is 0.174 e. The zero-order valence-electron chi connectivity index (χ0n) is 10.3. The van der Waals surface area contributed by atoms with E-state index in [1.165, 1.54) is 30.3 Å². The number of nitrogens with one attached hydrogen (secondary N) is 1. The van der Waals surface area contributed by atoms with Crippen LogP contribution in [-0.2, 0) is 6.61 Å². The van der Waals surface area contributed by atoms with E-state index in [1.807, 2.05) is 0 Å². The van der Waals surface area contributed by atoms with E-state index in [-0.39, 0.29) is 34.3 Å². The molecule has 0 fully saturated rings. The van der Waals surface area contributed by atoms with Crippen molar-refractivity contribution in [1.82, 2.24) is 0 Å². The summed E-state index contributed by atoms with van der Waals surface area (Å²) in [5.74, 6) is -1.54. The van der Waals surface area contributed by atoms with Crippen molar-refractivity contribution in [2.75, 3.05) is 0 Å². The summed E-state index contributed by atoms with van der Waals surface area (Å²) in [6, 6.07) is 8.19. The van der Waals surface area contributed by atoms with Gasteiger partial charge in [0, 0.05) is 11.1 Å². The van der Waals surface area contributed by atoms with E-state index in [1.54, 1.807) is 0 Å². The first-order valence-corrected chi connectivity index (χ1v) is 6.06. The molecule has 20 heavy (non-hydrogen) atoms. The molecule has 0 atom stereocenters. The van der Waals surface area contributed by atoms with Crippen LogP contribution in [0.3, 0.4) is 0 Å². The highest BCUT2D eigenvalue weighted by atomic mass is 35.5. The number of ether oxygens (including phenoxy) is 1. The smallest absolute Gasteiger partial charge is 0.174 e. The zero-order chi connectivity index (χ0) is 14.7. The third-order valence-corrected chi connectivity index (χ3v) is 2.95. The molecule has 0 spiro atoms. The molecular weight excluding hydrogens is 286 g/mol. The molecule has 2 rings (SSSR count). The van der Waals surface area contributed by atoms with Crippen LogP contribution in [-0.4, -0.2) is 5.84 Å². The monoisotopic (exact) mass is 296 g/mol. The van der Waals surface area contributed by atoms with Gasteiger partial charge in [-0.1, -0.05) is 29.8 Å². The van der Waals surface area contributed by atoms with Crippen LogP contribution in [0.15, 0.2) is 36.4 Å². The number of nitrogens with two attached hydrogens (primary N) is 1. The summed E-state index contributed by atoms with van der Waals surface area (Å²) in [4.78, 5) is 0. The van der Waals surface area contributed by atoms with Gasteiger partial charge in [-0.25, -0.2) is 8.78 Å². The molecular formula is C14H11ClF2N2O. The number of hydrogen-bond acceptors (Lipinski definition) is 2. The summed E-state index contributed by atoms with van der Waals surface area (Å²) in [7, 11) is 0. The van der Waals surface area contributed by atoms with Crippen molar-refractivity contribution in [3.8, 4) is 5.75 Å². The van der Waals surface area contributed by atoms with Gasteiger partial charge in [0.05, 0.1) is 5.02 Å². The zero-order valence-corrected chi connectivity index (χ0v) is 11.0. The number of halogens is 3. The van der Waals surface area contributed by atoms with Gasteiger partial charge in [-0.15, -0.1) is 0 Å². The maximum atomic E-state index is 13.8. The number of para-hydroxylation sites is 1. The van der Waals surface area contributed by atoms with Crippen LogP contribution in [0.2, 0.25) is 5.02 Å². The lowest BCUT2D eigenvalue weighted by atomic mass is 10.1. The van der Waals surface area contributed by atoms with E-state index >= 15 is 0 Å². The molecule has 0 aromatic heterocycles. The summed E-state index contributed by atoms with van der Waals surface area (Å²) >= 11 is 5.80. The average molecular weight is 297 g/mol. The Labute approximate surface area is 119 Å². The van der Waals surface area contributed by atoms with Gasteiger partial charge in [0.15, 0.2) is 11.6 Å².